The van der Waals surface area contributed by atoms with Crippen LogP contribution in [0.15, 0.2) is 24.3 Å². The molecule has 8 nitrogen and oxygen atoms in total. The summed E-state index contributed by atoms with van der Waals surface area (Å²) in [5.41, 5.74) is -1.15. The summed E-state index contributed by atoms with van der Waals surface area (Å²) in [6, 6.07) is 3.34. The van der Waals surface area contributed by atoms with Crippen molar-refractivity contribution >= 4 is 26.2 Å². The van der Waals surface area contributed by atoms with Crippen LogP contribution in [0.3, 0.4) is 0 Å². The second-order valence-corrected chi connectivity index (χ2v) is 15.8. The molecule has 0 N–H and O–H groups in total. The quantitative estimate of drug-likeness (QED) is 0.282. The van der Waals surface area contributed by atoms with Crippen molar-refractivity contribution in [3.63, 3.8) is 0 Å². The third kappa shape index (κ3) is 7.35. The molecule has 1 aromatic carbocycles. The molecule has 1 aromatic rings. The van der Waals surface area contributed by atoms with Crippen LogP contribution in [0.2, 0.25) is 18.1 Å². The topological polar surface area (TPSA) is 91.1 Å². The Balaban J connectivity index is 2.23. The van der Waals surface area contributed by atoms with Gasteiger partial charge in [0, 0.05) is 6.07 Å². The van der Waals surface area contributed by atoms with Gasteiger partial charge in [0.2, 0.25) is 0 Å². The van der Waals surface area contributed by atoms with E-state index in [-0.39, 0.29) is 35.5 Å². The maximum Gasteiger partial charge on any atom is 0.410 e. The van der Waals surface area contributed by atoms with Gasteiger partial charge in [-0.05, 0) is 51.0 Å². The minimum absolute atomic E-state index is 0.0129. The van der Waals surface area contributed by atoms with Gasteiger partial charge in [-0.25, -0.2) is 9.18 Å². The lowest BCUT2D eigenvalue weighted by molar-refractivity contribution is -0.385. The van der Waals surface area contributed by atoms with Gasteiger partial charge < -0.3 is 13.9 Å². The molecule has 0 aliphatic carbocycles. The van der Waals surface area contributed by atoms with Crippen LogP contribution in [-0.2, 0) is 13.9 Å². The molecular weight excluding hydrogens is 459 g/mol. The molecule has 0 radical (unpaired) electrons. The van der Waals surface area contributed by atoms with Crippen molar-refractivity contribution in [2.75, 3.05) is 19.8 Å². The monoisotopic (exact) mass is 496 g/mol. The van der Waals surface area contributed by atoms with E-state index in [2.05, 4.69) is 33.9 Å². The molecule has 0 bridgehead atoms. The van der Waals surface area contributed by atoms with Crippen LogP contribution in [0.25, 0.3) is 6.08 Å². The van der Waals surface area contributed by atoms with Crippen LogP contribution in [0.5, 0.6) is 0 Å². The fraction of sp³-hybridized carbons (Fsp3) is 0.625. The molecule has 0 spiro atoms. The molecule has 1 aliphatic rings. The number of hydrogen-bond acceptors (Lipinski definition) is 6. The number of nitro groups is 1. The highest BCUT2D eigenvalue weighted by Gasteiger charge is 2.40. The summed E-state index contributed by atoms with van der Waals surface area (Å²) in [6.07, 6.45) is 1.79. The molecule has 0 aromatic heterocycles. The number of carbonyl (C=O) groups is 1. The largest absolute Gasteiger partial charge is 0.444 e. The molecule has 1 saturated heterocycles. The first kappa shape index (κ1) is 27.9. The summed E-state index contributed by atoms with van der Waals surface area (Å²) in [6.45, 7) is 16.7. The summed E-state index contributed by atoms with van der Waals surface area (Å²) in [5.74, 6) is -0.703. The summed E-state index contributed by atoms with van der Waals surface area (Å²) < 4.78 is 32.1. The smallest absolute Gasteiger partial charge is 0.410 e. The Kier molecular flexibility index (Phi) is 8.65. The van der Waals surface area contributed by atoms with Crippen molar-refractivity contribution in [3.05, 3.63) is 45.8 Å². The first-order valence-electron chi connectivity index (χ1n) is 11.4. The number of morpholine rings is 1. The summed E-state index contributed by atoms with van der Waals surface area (Å²) in [7, 11) is -2.05. The lowest BCUT2D eigenvalue weighted by Gasteiger charge is -2.42. The van der Waals surface area contributed by atoms with Gasteiger partial charge >= 0.3 is 6.09 Å². The molecule has 34 heavy (non-hydrogen) atoms. The standard InChI is InChI=1S/C24H37FN2O6Si/c1-23(2,3)33-22(28)26-14-18(12-13-19-20(25)10-9-11-21(19)27(29)30)31-15-17(26)16-32-34(7,8)24(4,5)6/h9-13,17-18H,14-16H2,1-8H3/b13-12+/t17-,18+/m0/s1. The van der Waals surface area contributed by atoms with Crippen LogP contribution in [0.1, 0.15) is 47.1 Å². The Hall–Kier alpha value is -2.30. The molecule has 0 saturated carbocycles. The van der Waals surface area contributed by atoms with Gasteiger partial charge in [-0.3, -0.25) is 15.0 Å². The number of nitro benzene ring substituents is 1. The fourth-order valence-electron chi connectivity index (χ4n) is 3.09. The van der Waals surface area contributed by atoms with Gasteiger partial charge in [0.1, 0.15) is 11.4 Å². The fourth-order valence-corrected chi connectivity index (χ4v) is 4.14. The number of benzene rings is 1. The van der Waals surface area contributed by atoms with Gasteiger partial charge in [0.05, 0.1) is 42.4 Å². The average molecular weight is 497 g/mol. The maximum absolute atomic E-state index is 14.2. The number of nitrogens with zero attached hydrogens (tertiary/aromatic N) is 2. The number of rotatable bonds is 6. The Labute approximate surface area is 202 Å². The van der Waals surface area contributed by atoms with Crippen LogP contribution in [-0.4, -0.2) is 61.7 Å². The van der Waals surface area contributed by atoms with Crippen molar-refractivity contribution in [2.45, 2.75) is 77.4 Å². The van der Waals surface area contributed by atoms with Crippen LogP contribution >= 0.6 is 0 Å². The van der Waals surface area contributed by atoms with Crippen molar-refractivity contribution < 1.29 is 28.0 Å². The predicted molar refractivity (Wildman–Crippen MR) is 132 cm³/mol. The van der Waals surface area contributed by atoms with E-state index in [1.54, 1.807) is 25.7 Å². The average Bonchev–Trinajstić information content (AvgIpc) is 2.69. The summed E-state index contributed by atoms with van der Waals surface area (Å²) in [4.78, 5) is 25.2. The third-order valence-corrected chi connectivity index (χ3v) is 10.6. The molecule has 1 amide bonds. The van der Waals surface area contributed by atoms with Gasteiger partial charge in [0.15, 0.2) is 8.32 Å². The van der Waals surface area contributed by atoms with Gasteiger partial charge in [-0.15, -0.1) is 0 Å². The third-order valence-electron chi connectivity index (χ3n) is 6.09. The zero-order valence-electron chi connectivity index (χ0n) is 21.4. The first-order valence-corrected chi connectivity index (χ1v) is 14.3. The molecule has 1 aliphatic heterocycles. The number of hydrogen-bond donors (Lipinski definition) is 0. The number of halogens is 1. The highest BCUT2D eigenvalue weighted by atomic mass is 28.4. The molecule has 2 rings (SSSR count). The normalized spacial score (nSPS) is 20.0. The molecule has 2 atom stereocenters. The molecule has 10 heteroatoms. The van der Waals surface area contributed by atoms with E-state index in [1.807, 2.05) is 0 Å². The molecular formula is C24H37FN2O6Si. The second-order valence-electron chi connectivity index (χ2n) is 11.0. The molecule has 1 heterocycles. The minimum atomic E-state index is -2.05. The van der Waals surface area contributed by atoms with Gasteiger partial charge in [0.25, 0.3) is 5.69 Å². The van der Waals surface area contributed by atoms with Crippen molar-refractivity contribution in [1.29, 1.82) is 0 Å². The van der Waals surface area contributed by atoms with E-state index in [0.29, 0.717) is 6.61 Å². The van der Waals surface area contributed by atoms with E-state index >= 15 is 0 Å². The van der Waals surface area contributed by atoms with Gasteiger partial charge in [-0.2, -0.15) is 0 Å². The Morgan fingerprint density at radius 3 is 2.50 bits per heavy atom. The Morgan fingerprint density at radius 1 is 1.29 bits per heavy atom. The number of ether oxygens (including phenoxy) is 2. The summed E-state index contributed by atoms with van der Waals surface area (Å²) >= 11 is 0. The van der Waals surface area contributed by atoms with Crippen LogP contribution in [0, 0.1) is 15.9 Å². The van der Waals surface area contributed by atoms with E-state index in [9.17, 15) is 19.3 Å². The SMILES string of the molecule is CC(C)(C)OC(=O)N1C[C@@H](/C=C/c2c(F)cccc2[N+](=O)[O-])OC[C@H]1CO[Si](C)(C)C(C)(C)C. The molecule has 1 fully saturated rings. The Morgan fingerprint density at radius 2 is 1.94 bits per heavy atom. The van der Waals surface area contributed by atoms with Crippen molar-refractivity contribution in [1.82, 2.24) is 4.90 Å². The van der Waals surface area contributed by atoms with Crippen molar-refractivity contribution in [2.24, 2.45) is 0 Å². The highest BCUT2D eigenvalue weighted by Crippen LogP contribution is 2.37. The second kappa shape index (κ2) is 10.5. The van der Waals surface area contributed by atoms with Gasteiger partial charge in [-0.1, -0.05) is 32.9 Å². The lowest BCUT2D eigenvalue weighted by Crippen LogP contribution is -2.56. The van der Waals surface area contributed by atoms with E-state index in [0.717, 1.165) is 6.07 Å². The lowest BCUT2D eigenvalue weighted by atomic mass is 10.1. The zero-order valence-corrected chi connectivity index (χ0v) is 22.4. The predicted octanol–water partition coefficient (Wildman–Crippen LogP) is 5.77. The van der Waals surface area contributed by atoms with Crippen molar-refractivity contribution in [3.8, 4) is 0 Å². The zero-order chi connectivity index (χ0) is 25.9. The molecule has 0 unspecified atom stereocenters. The highest BCUT2D eigenvalue weighted by molar-refractivity contribution is 6.74. The van der Waals surface area contributed by atoms with E-state index in [4.69, 9.17) is 13.9 Å². The van der Waals surface area contributed by atoms with E-state index in [1.165, 1.54) is 24.3 Å². The van der Waals surface area contributed by atoms with Crippen LogP contribution < -0.4 is 0 Å². The maximum atomic E-state index is 14.2. The number of amides is 1. The first-order chi connectivity index (χ1) is 15.5. The number of carbonyl (C=O) groups excluding carboxylic acids is 1. The minimum Gasteiger partial charge on any atom is -0.444 e. The molecule has 190 valence electrons. The summed E-state index contributed by atoms with van der Waals surface area (Å²) in [5, 5.41) is 11.3. The Bertz CT molecular complexity index is 923. The van der Waals surface area contributed by atoms with Crippen LogP contribution in [0.4, 0.5) is 14.9 Å². The van der Waals surface area contributed by atoms with E-state index < -0.39 is 36.9 Å².